The van der Waals surface area contributed by atoms with Gasteiger partial charge in [-0.2, -0.15) is 0 Å². The van der Waals surface area contributed by atoms with Gasteiger partial charge in [-0.25, -0.2) is 9.78 Å². The molecule has 1 aliphatic heterocycles. The number of aromatic nitrogens is 2. The summed E-state index contributed by atoms with van der Waals surface area (Å²) in [4.78, 5) is 23.4. The number of thiazole rings is 1. The summed E-state index contributed by atoms with van der Waals surface area (Å²) in [5.74, 6) is 0. The number of carbonyl (C=O) groups is 1. The number of hydrogen-bond acceptors (Lipinski definition) is 5. The number of hydrogen-bond donors (Lipinski definition) is 1. The van der Waals surface area contributed by atoms with E-state index in [4.69, 9.17) is 4.74 Å². The van der Waals surface area contributed by atoms with Crippen LogP contribution in [0.5, 0.6) is 0 Å². The van der Waals surface area contributed by atoms with E-state index in [1.807, 2.05) is 37.3 Å². The average molecular weight is 382 g/mol. The molecule has 0 aliphatic carbocycles. The van der Waals surface area contributed by atoms with Crippen molar-refractivity contribution in [1.29, 1.82) is 0 Å². The first-order valence-electron chi connectivity index (χ1n) is 9.11. The van der Waals surface area contributed by atoms with E-state index in [9.17, 15) is 4.79 Å². The predicted molar refractivity (Wildman–Crippen MR) is 107 cm³/mol. The molecule has 0 spiro atoms. The van der Waals surface area contributed by atoms with Crippen molar-refractivity contribution in [2.45, 2.75) is 32.4 Å². The van der Waals surface area contributed by atoms with Crippen LogP contribution in [0, 0.1) is 6.92 Å². The van der Waals surface area contributed by atoms with Gasteiger partial charge in [0.1, 0.15) is 0 Å². The van der Waals surface area contributed by atoms with Crippen molar-refractivity contribution in [2.75, 3.05) is 18.5 Å². The third-order valence-electron chi connectivity index (χ3n) is 4.58. The Kier molecular flexibility index (Phi) is 5.31. The van der Waals surface area contributed by atoms with Crippen molar-refractivity contribution < 1.29 is 9.53 Å². The summed E-state index contributed by atoms with van der Waals surface area (Å²) < 4.78 is 6.81. The topological polar surface area (TPSA) is 67.4 Å². The smallest absolute Gasteiger partial charge is 0.322 e. The van der Waals surface area contributed by atoms with E-state index in [-0.39, 0.29) is 12.1 Å². The number of rotatable bonds is 5. The SMILES string of the molecule is Cc1nc2ccc(NC(=O)N(Cc3cccnc3)C[C@H]3CCCO3)cc2s1. The monoisotopic (exact) mass is 382 g/mol. The van der Waals surface area contributed by atoms with Crippen LogP contribution in [-0.4, -0.2) is 40.2 Å². The van der Waals surface area contributed by atoms with Crippen LogP contribution < -0.4 is 5.32 Å². The van der Waals surface area contributed by atoms with Crippen LogP contribution in [0.2, 0.25) is 0 Å². The molecule has 1 atom stereocenters. The lowest BCUT2D eigenvalue weighted by Crippen LogP contribution is -2.39. The summed E-state index contributed by atoms with van der Waals surface area (Å²) >= 11 is 1.63. The Labute approximate surface area is 162 Å². The highest BCUT2D eigenvalue weighted by Crippen LogP contribution is 2.25. The number of benzene rings is 1. The molecule has 1 saturated heterocycles. The van der Waals surface area contributed by atoms with Gasteiger partial charge in [-0.1, -0.05) is 6.07 Å². The summed E-state index contributed by atoms with van der Waals surface area (Å²) in [5, 5.41) is 4.05. The molecule has 0 radical (unpaired) electrons. The van der Waals surface area contributed by atoms with Crippen LogP contribution in [-0.2, 0) is 11.3 Å². The minimum Gasteiger partial charge on any atom is -0.376 e. The zero-order valence-corrected chi connectivity index (χ0v) is 16.0. The third kappa shape index (κ3) is 4.43. The average Bonchev–Trinajstić information content (AvgIpc) is 3.30. The summed E-state index contributed by atoms with van der Waals surface area (Å²) in [6.45, 7) is 3.83. The maximum absolute atomic E-state index is 13.0. The Morgan fingerprint density at radius 2 is 2.33 bits per heavy atom. The fraction of sp³-hybridized carbons (Fsp3) is 0.350. The van der Waals surface area contributed by atoms with Crippen LogP contribution in [0.15, 0.2) is 42.7 Å². The molecule has 2 amide bonds. The highest BCUT2D eigenvalue weighted by Gasteiger charge is 2.23. The van der Waals surface area contributed by atoms with Crippen LogP contribution >= 0.6 is 11.3 Å². The fourth-order valence-corrected chi connectivity index (χ4v) is 4.15. The first-order chi connectivity index (χ1) is 13.2. The summed E-state index contributed by atoms with van der Waals surface area (Å²) in [6.07, 6.45) is 5.67. The number of carbonyl (C=O) groups excluding carboxylic acids is 1. The van der Waals surface area contributed by atoms with Gasteiger partial charge in [0.15, 0.2) is 0 Å². The van der Waals surface area contributed by atoms with E-state index in [1.54, 1.807) is 28.6 Å². The Morgan fingerprint density at radius 1 is 1.41 bits per heavy atom. The lowest BCUT2D eigenvalue weighted by molar-refractivity contribution is 0.0819. The summed E-state index contributed by atoms with van der Waals surface area (Å²) in [6, 6.07) is 9.56. The highest BCUT2D eigenvalue weighted by molar-refractivity contribution is 7.18. The van der Waals surface area contributed by atoms with Gasteiger partial charge in [0, 0.05) is 37.8 Å². The number of nitrogens with zero attached hydrogens (tertiary/aromatic N) is 3. The van der Waals surface area contributed by atoms with Crippen molar-refractivity contribution >= 4 is 33.3 Å². The standard InChI is InChI=1S/C20H22N4O2S/c1-14-22-18-7-6-16(10-19(18)27-14)23-20(25)24(13-17-5-3-9-26-17)12-15-4-2-8-21-11-15/h2,4,6-8,10-11,17H,3,5,9,12-13H2,1H3,(H,23,25)/t17-/m1/s1. The quantitative estimate of drug-likeness (QED) is 0.718. The molecule has 1 aromatic carbocycles. The number of nitrogens with one attached hydrogen (secondary N) is 1. The van der Waals surface area contributed by atoms with Gasteiger partial charge < -0.3 is 15.0 Å². The lowest BCUT2D eigenvalue weighted by Gasteiger charge is -2.25. The number of pyridine rings is 1. The normalized spacial score (nSPS) is 16.6. The molecule has 7 heteroatoms. The highest BCUT2D eigenvalue weighted by atomic mass is 32.1. The number of ether oxygens (including phenoxy) is 1. The molecule has 2 aromatic heterocycles. The molecule has 0 unspecified atom stereocenters. The second-order valence-electron chi connectivity index (χ2n) is 6.72. The first-order valence-corrected chi connectivity index (χ1v) is 9.93. The zero-order valence-electron chi connectivity index (χ0n) is 15.2. The van der Waals surface area contributed by atoms with Gasteiger partial charge in [0.05, 0.1) is 21.3 Å². The Hall–Kier alpha value is -2.51. The molecule has 3 heterocycles. The molecule has 4 rings (SSSR count). The molecule has 3 aromatic rings. The van der Waals surface area contributed by atoms with E-state index >= 15 is 0 Å². The number of anilines is 1. The van der Waals surface area contributed by atoms with E-state index in [0.717, 1.165) is 45.9 Å². The molecule has 6 nitrogen and oxygen atoms in total. The van der Waals surface area contributed by atoms with E-state index in [1.165, 1.54) is 0 Å². The summed E-state index contributed by atoms with van der Waals surface area (Å²) in [5.41, 5.74) is 2.74. The van der Waals surface area contributed by atoms with E-state index in [2.05, 4.69) is 15.3 Å². The Bertz CT molecular complexity index is 922. The molecule has 140 valence electrons. The van der Waals surface area contributed by atoms with Crippen LogP contribution in [0.1, 0.15) is 23.4 Å². The second kappa shape index (κ2) is 8.02. The second-order valence-corrected chi connectivity index (χ2v) is 7.96. The van der Waals surface area contributed by atoms with Gasteiger partial charge in [-0.3, -0.25) is 4.98 Å². The van der Waals surface area contributed by atoms with Crippen molar-refractivity contribution in [3.63, 3.8) is 0 Å². The molecular formula is C20H22N4O2S. The van der Waals surface area contributed by atoms with Crippen molar-refractivity contribution in [3.8, 4) is 0 Å². The van der Waals surface area contributed by atoms with Gasteiger partial charge in [-0.05, 0) is 49.6 Å². The Morgan fingerprint density at radius 3 is 3.11 bits per heavy atom. The van der Waals surface area contributed by atoms with E-state index < -0.39 is 0 Å². The van der Waals surface area contributed by atoms with Gasteiger partial charge in [0.25, 0.3) is 0 Å². The molecule has 1 N–H and O–H groups in total. The lowest BCUT2D eigenvalue weighted by atomic mass is 10.2. The van der Waals surface area contributed by atoms with Gasteiger partial charge in [-0.15, -0.1) is 11.3 Å². The molecule has 1 aliphatic rings. The molecule has 1 fully saturated rings. The number of urea groups is 1. The first kappa shape index (κ1) is 17.9. The summed E-state index contributed by atoms with van der Waals surface area (Å²) in [7, 11) is 0. The minimum absolute atomic E-state index is 0.0963. The third-order valence-corrected chi connectivity index (χ3v) is 5.51. The molecule has 27 heavy (non-hydrogen) atoms. The molecule has 0 bridgehead atoms. The van der Waals surface area contributed by atoms with Crippen molar-refractivity contribution in [3.05, 3.63) is 53.3 Å². The maximum Gasteiger partial charge on any atom is 0.322 e. The fourth-order valence-electron chi connectivity index (χ4n) is 3.29. The number of aryl methyl sites for hydroxylation is 1. The van der Waals surface area contributed by atoms with Crippen molar-refractivity contribution in [1.82, 2.24) is 14.9 Å². The molecule has 0 saturated carbocycles. The van der Waals surface area contributed by atoms with Gasteiger partial charge in [0.2, 0.25) is 0 Å². The number of fused-ring (bicyclic) bond motifs is 1. The maximum atomic E-state index is 13.0. The molecular weight excluding hydrogens is 360 g/mol. The Balaban J connectivity index is 1.50. The predicted octanol–water partition coefficient (Wildman–Crippen LogP) is 4.21. The largest absolute Gasteiger partial charge is 0.376 e. The minimum atomic E-state index is -0.130. The van der Waals surface area contributed by atoms with Gasteiger partial charge >= 0.3 is 6.03 Å². The number of amides is 2. The zero-order chi connectivity index (χ0) is 18.6. The van der Waals surface area contributed by atoms with E-state index in [0.29, 0.717) is 13.1 Å². The van der Waals surface area contributed by atoms with Crippen LogP contribution in [0.4, 0.5) is 10.5 Å². The van der Waals surface area contributed by atoms with Crippen LogP contribution in [0.25, 0.3) is 10.2 Å². The van der Waals surface area contributed by atoms with Crippen LogP contribution in [0.3, 0.4) is 0 Å². The van der Waals surface area contributed by atoms with Crippen molar-refractivity contribution in [2.24, 2.45) is 0 Å².